The molecule has 1 aromatic heterocycles. The standard InChI is InChI=1S/C18H25N3/c1-3-13-7-9-14(10-8-13)17-12(2)20-18(21-17)15-5-4-6-16(19)11-15/h7-10,15-16H,3-6,11,19H2,1-2H3,(H,20,21). The van der Waals surface area contributed by atoms with Crippen LogP contribution in [0.2, 0.25) is 0 Å². The van der Waals surface area contributed by atoms with E-state index >= 15 is 0 Å². The van der Waals surface area contributed by atoms with E-state index in [0.717, 1.165) is 36.5 Å². The molecule has 0 aliphatic heterocycles. The van der Waals surface area contributed by atoms with Crippen LogP contribution in [0.4, 0.5) is 0 Å². The van der Waals surface area contributed by atoms with Gasteiger partial charge in [-0.15, -0.1) is 0 Å². The SMILES string of the molecule is CCc1ccc(-c2nc(C3CCCC(N)C3)[nH]c2C)cc1. The van der Waals surface area contributed by atoms with Crippen molar-refractivity contribution in [3.8, 4) is 11.3 Å². The van der Waals surface area contributed by atoms with Gasteiger partial charge in [0.25, 0.3) is 0 Å². The van der Waals surface area contributed by atoms with E-state index in [-0.39, 0.29) is 0 Å². The zero-order valence-corrected chi connectivity index (χ0v) is 13.0. The van der Waals surface area contributed by atoms with Crippen molar-refractivity contribution in [2.45, 2.75) is 57.9 Å². The number of imidazole rings is 1. The summed E-state index contributed by atoms with van der Waals surface area (Å²) in [6.45, 7) is 4.29. The van der Waals surface area contributed by atoms with Gasteiger partial charge >= 0.3 is 0 Å². The number of nitrogens with one attached hydrogen (secondary N) is 1. The van der Waals surface area contributed by atoms with Gasteiger partial charge in [-0.2, -0.15) is 0 Å². The molecule has 3 heteroatoms. The Kier molecular flexibility index (Phi) is 4.11. The second kappa shape index (κ2) is 6.02. The van der Waals surface area contributed by atoms with Crippen LogP contribution in [0.5, 0.6) is 0 Å². The van der Waals surface area contributed by atoms with Crippen LogP contribution in [-0.2, 0) is 6.42 Å². The van der Waals surface area contributed by atoms with Gasteiger partial charge in [-0.25, -0.2) is 4.98 Å². The van der Waals surface area contributed by atoms with E-state index in [4.69, 9.17) is 10.7 Å². The summed E-state index contributed by atoms with van der Waals surface area (Å²) in [4.78, 5) is 8.38. The summed E-state index contributed by atoms with van der Waals surface area (Å²) < 4.78 is 0. The number of nitrogens with two attached hydrogens (primary N) is 1. The van der Waals surface area contributed by atoms with E-state index in [1.54, 1.807) is 0 Å². The molecule has 0 spiro atoms. The molecule has 1 heterocycles. The van der Waals surface area contributed by atoms with Gasteiger partial charge in [-0.1, -0.05) is 37.6 Å². The molecule has 2 atom stereocenters. The topological polar surface area (TPSA) is 54.7 Å². The molecule has 112 valence electrons. The Morgan fingerprint density at radius 2 is 2.00 bits per heavy atom. The maximum Gasteiger partial charge on any atom is 0.110 e. The largest absolute Gasteiger partial charge is 0.345 e. The Hall–Kier alpha value is -1.61. The minimum absolute atomic E-state index is 0.335. The van der Waals surface area contributed by atoms with Crippen LogP contribution in [0.25, 0.3) is 11.3 Å². The Morgan fingerprint density at radius 3 is 2.67 bits per heavy atom. The molecule has 1 aliphatic rings. The third-order valence-electron chi connectivity index (χ3n) is 4.64. The molecule has 1 fully saturated rings. The summed E-state index contributed by atoms with van der Waals surface area (Å²) in [6, 6.07) is 9.08. The fourth-order valence-corrected chi connectivity index (χ4v) is 3.33. The van der Waals surface area contributed by atoms with Crippen molar-refractivity contribution in [3.05, 3.63) is 41.3 Å². The fourth-order valence-electron chi connectivity index (χ4n) is 3.33. The Bertz CT molecular complexity index is 597. The molecule has 1 aliphatic carbocycles. The lowest BCUT2D eigenvalue weighted by molar-refractivity contribution is 0.383. The van der Waals surface area contributed by atoms with Crippen molar-refractivity contribution in [2.75, 3.05) is 0 Å². The van der Waals surface area contributed by atoms with Crippen LogP contribution in [0.15, 0.2) is 24.3 Å². The molecule has 3 nitrogen and oxygen atoms in total. The van der Waals surface area contributed by atoms with Gasteiger partial charge in [0, 0.05) is 23.2 Å². The highest BCUT2D eigenvalue weighted by atomic mass is 14.9. The second-order valence-electron chi connectivity index (χ2n) is 6.27. The van der Waals surface area contributed by atoms with Crippen molar-refractivity contribution in [2.24, 2.45) is 5.73 Å². The molecule has 2 aromatic rings. The van der Waals surface area contributed by atoms with Crippen molar-refractivity contribution >= 4 is 0 Å². The van der Waals surface area contributed by atoms with Crippen molar-refractivity contribution in [3.63, 3.8) is 0 Å². The summed E-state index contributed by atoms with van der Waals surface area (Å²) in [7, 11) is 0. The van der Waals surface area contributed by atoms with E-state index in [9.17, 15) is 0 Å². The quantitative estimate of drug-likeness (QED) is 0.896. The zero-order chi connectivity index (χ0) is 14.8. The maximum atomic E-state index is 6.11. The third kappa shape index (κ3) is 3.03. The third-order valence-corrected chi connectivity index (χ3v) is 4.64. The first-order valence-corrected chi connectivity index (χ1v) is 8.08. The minimum Gasteiger partial charge on any atom is -0.345 e. The molecule has 0 radical (unpaired) electrons. The molecule has 1 aromatic carbocycles. The van der Waals surface area contributed by atoms with E-state index in [1.165, 1.54) is 24.0 Å². The van der Waals surface area contributed by atoms with Gasteiger partial charge in [0.1, 0.15) is 5.82 Å². The molecular weight excluding hydrogens is 258 g/mol. The highest BCUT2D eigenvalue weighted by Gasteiger charge is 2.24. The van der Waals surface area contributed by atoms with Crippen LogP contribution in [0.3, 0.4) is 0 Å². The number of aromatic amines is 1. The highest BCUT2D eigenvalue weighted by Crippen LogP contribution is 2.32. The van der Waals surface area contributed by atoms with Gasteiger partial charge in [0.15, 0.2) is 0 Å². The molecule has 3 rings (SSSR count). The van der Waals surface area contributed by atoms with Crippen LogP contribution < -0.4 is 5.73 Å². The molecule has 0 bridgehead atoms. The molecule has 0 amide bonds. The maximum absolute atomic E-state index is 6.11. The number of H-pyrrole nitrogens is 1. The monoisotopic (exact) mass is 283 g/mol. The predicted molar refractivity (Wildman–Crippen MR) is 87.3 cm³/mol. The van der Waals surface area contributed by atoms with E-state index in [0.29, 0.717) is 12.0 Å². The molecular formula is C18H25N3. The lowest BCUT2D eigenvalue weighted by Crippen LogP contribution is -2.27. The minimum atomic E-state index is 0.335. The molecule has 3 N–H and O–H groups in total. The van der Waals surface area contributed by atoms with E-state index in [1.807, 2.05) is 0 Å². The van der Waals surface area contributed by atoms with Gasteiger partial charge in [-0.05, 0) is 38.2 Å². The predicted octanol–water partition coefficient (Wildman–Crippen LogP) is 3.93. The first-order chi connectivity index (χ1) is 10.2. The molecule has 0 saturated heterocycles. The highest BCUT2D eigenvalue weighted by molar-refractivity contribution is 5.62. The number of rotatable bonds is 3. The number of aryl methyl sites for hydroxylation is 2. The normalized spacial score (nSPS) is 22.4. The lowest BCUT2D eigenvalue weighted by atomic mass is 9.86. The number of hydrogen-bond acceptors (Lipinski definition) is 2. The fraction of sp³-hybridized carbons (Fsp3) is 0.500. The van der Waals surface area contributed by atoms with Crippen LogP contribution in [0.1, 0.15) is 55.6 Å². The summed E-state index contributed by atoms with van der Waals surface area (Å²) in [5.74, 6) is 1.62. The summed E-state index contributed by atoms with van der Waals surface area (Å²) in [5, 5.41) is 0. The number of benzene rings is 1. The van der Waals surface area contributed by atoms with Crippen molar-refractivity contribution < 1.29 is 0 Å². The Labute approximate surface area is 127 Å². The van der Waals surface area contributed by atoms with Gasteiger partial charge < -0.3 is 10.7 Å². The van der Waals surface area contributed by atoms with E-state index in [2.05, 4.69) is 43.1 Å². The summed E-state index contributed by atoms with van der Waals surface area (Å²) >= 11 is 0. The van der Waals surface area contributed by atoms with Crippen molar-refractivity contribution in [1.29, 1.82) is 0 Å². The average Bonchev–Trinajstić information content (AvgIpc) is 2.89. The zero-order valence-electron chi connectivity index (χ0n) is 13.0. The van der Waals surface area contributed by atoms with Crippen molar-refractivity contribution in [1.82, 2.24) is 9.97 Å². The summed E-state index contributed by atoms with van der Waals surface area (Å²) in [5.41, 5.74) is 10.9. The summed E-state index contributed by atoms with van der Waals surface area (Å²) in [6.07, 6.45) is 5.70. The number of nitrogens with zero attached hydrogens (tertiary/aromatic N) is 1. The first kappa shape index (κ1) is 14.3. The second-order valence-corrected chi connectivity index (χ2v) is 6.27. The van der Waals surface area contributed by atoms with Gasteiger partial charge in [-0.3, -0.25) is 0 Å². The molecule has 2 unspecified atom stereocenters. The molecule has 21 heavy (non-hydrogen) atoms. The number of hydrogen-bond donors (Lipinski definition) is 2. The van der Waals surface area contributed by atoms with Gasteiger partial charge in [0.2, 0.25) is 0 Å². The van der Waals surface area contributed by atoms with E-state index < -0.39 is 0 Å². The Morgan fingerprint density at radius 1 is 1.24 bits per heavy atom. The molecule has 1 saturated carbocycles. The van der Waals surface area contributed by atoms with Crippen LogP contribution in [0, 0.1) is 6.92 Å². The van der Waals surface area contributed by atoms with Crippen LogP contribution in [-0.4, -0.2) is 16.0 Å². The van der Waals surface area contributed by atoms with Gasteiger partial charge in [0.05, 0.1) is 5.69 Å². The average molecular weight is 283 g/mol. The number of aromatic nitrogens is 2. The Balaban J connectivity index is 1.86. The lowest BCUT2D eigenvalue weighted by Gasteiger charge is -2.24. The van der Waals surface area contributed by atoms with Crippen LogP contribution >= 0.6 is 0 Å². The smallest absolute Gasteiger partial charge is 0.110 e. The first-order valence-electron chi connectivity index (χ1n) is 8.08.